The zero-order chi connectivity index (χ0) is 18.4. The minimum Gasteiger partial charge on any atom is -0.372 e. The first-order chi connectivity index (χ1) is 12.6. The summed E-state index contributed by atoms with van der Waals surface area (Å²) in [6, 6.07) is 13.9. The lowest BCUT2D eigenvalue weighted by Gasteiger charge is -2.17. The summed E-state index contributed by atoms with van der Waals surface area (Å²) in [7, 11) is 0. The SMILES string of the molecule is O=C(CSCc1c(Cl)cccc1Cl)NCc1ccc(N2CCCC2)cc1. The van der Waals surface area contributed by atoms with Crippen molar-refractivity contribution >= 4 is 46.6 Å². The number of rotatable bonds is 7. The quantitative estimate of drug-likeness (QED) is 0.687. The van der Waals surface area contributed by atoms with Crippen molar-refractivity contribution in [2.45, 2.75) is 25.1 Å². The number of carbonyl (C=O) groups excluding carboxylic acids is 1. The molecular formula is C20H22Cl2N2OS. The van der Waals surface area contributed by atoms with E-state index in [-0.39, 0.29) is 5.91 Å². The predicted molar refractivity (Wildman–Crippen MR) is 112 cm³/mol. The molecule has 2 aromatic carbocycles. The summed E-state index contributed by atoms with van der Waals surface area (Å²) in [5, 5.41) is 4.25. The van der Waals surface area contributed by atoms with E-state index in [4.69, 9.17) is 23.2 Å². The van der Waals surface area contributed by atoms with Gasteiger partial charge in [0.25, 0.3) is 0 Å². The van der Waals surface area contributed by atoms with Crippen LogP contribution < -0.4 is 10.2 Å². The number of hydrogen-bond donors (Lipinski definition) is 1. The van der Waals surface area contributed by atoms with Crippen molar-refractivity contribution < 1.29 is 4.79 Å². The Morgan fingerprint density at radius 3 is 2.35 bits per heavy atom. The van der Waals surface area contributed by atoms with E-state index in [9.17, 15) is 4.79 Å². The van der Waals surface area contributed by atoms with Gasteiger partial charge in [-0.2, -0.15) is 0 Å². The molecule has 1 amide bonds. The molecule has 0 unspecified atom stereocenters. The lowest BCUT2D eigenvalue weighted by atomic mass is 10.2. The maximum absolute atomic E-state index is 12.0. The molecule has 0 saturated carbocycles. The Kier molecular flexibility index (Phi) is 7.12. The lowest BCUT2D eigenvalue weighted by Crippen LogP contribution is -2.24. The molecule has 0 atom stereocenters. The van der Waals surface area contributed by atoms with Gasteiger partial charge in [-0.15, -0.1) is 11.8 Å². The van der Waals surface area contributed by atoms with Gasteiger partial charge in [-0.3, -0.25) is 4.79 Å². The summed E-state index contributed by atoms with van der Waals surface area (Å²) in [6.45, 7) is 2.83. The number of anilines is 1. The number of halogens is 2. The fourth-order valence-electron chi connectivity index (χ4n) is 2.97. The van der Waals surface area contributed by atoms with Crippen LogP contribution in [0.25, 0.3) is 0 Å². The van der Waals surface area contributed by atoms with E-state index in [1.54, 1.807) is 0 Å². The summed E-state index contributed by atoms with van der Waals surface area (Å²) in [5.41, 5.74) is 3.26. The third-order valence-electron chi connectivity index (χ3n) is 4.44. The van der Waals surface area contributed by atoms with Gasteiger partial charge in [0, 0.05) is 41.1 Å². The number of nitrogens with one attached hydrogen (secondary N) is 1. The molecule has 0 spiro atoms. The van der Waals surface area contributed by atoms with E-state index in [0.717, 1.165) is 24.2 Å². The third-order valence-corrected chi connectivity index (χ3v) is 6.11. The monoisotopic (exact) mass is 408 g/mol. The highest BCUT2D eigenvalue weighted by Gasteiger charge is 2.12. The molecule has 0 bridgehead atoms. The van der Waals surface area contributed by atoms with Crippen LogP contribution in [0.1, 0.15) is 24.0 Å². The second-order valence-electron chi connectivity index (χ2n) is 6.33. The normalized spacial score (nSPS) is 13.8. The Morgan fingerprint density at radius 1 is 1.04 bits per heavy atom. The highest BCUT2D eigenvalue weighted by Crippen LogP contribution is 2.28. The Balaban J connectivity index is 1.41. The minimum absolute atomic E-state index is 0.0156. The number of benzene rings is 2. The van der Waals surface area contributed by atoms with Crippen molar-refractivity contribution in [1.29, 1.82) is 0 Å². The van der Waals surface area contributed by atoms with Crippen molar-refractivity contribution in [3.8, 4) is 0 Å². The summed E-state index contributed by atoms with van der Waals surface area (Å²) < 4.78 is 0. The summed E-state index contributed by atoms with van der Waals surface area (Å²) in [4.78, 5) is 14.4. The molecule has 6 heteroatoms. The first-order valence-electron chi connectivity index (χ1n) is 8.75. The number of nitrogens with zero attached hydrogens (tertiary/aromatic N) is 1. The third kappa shape index (κ3) is 5.32. The Bertz CT molecular complexity index is 726. The molecule has 0 aliphatic carbocycles. The van der Waals surface area contributed by atoms with Crippen LogP contribution in [0.5, 0.6) is 0 Å². The molecule has 1 N–H and O–H groups in total. The minimum atomic E-state index is 0.0156. The van der Waals surface area contributed by atoms with E-state index >= 15 is 0 Å². The molecule has 1 aliphatic heterocycles. The zero-order valence-electron chi connectivity index (χ0n) is 14.5. The summed E-state index contributed by atoms with van der Waals surface area (Å²) >= 11 is 13.8. The molecule has 3 nitrogen and oxygen atoms in total. The lowest BCUT2D eigenvalue weighted by molar-refractivity contribution is -0.118. The number of amides is 1. The van der Waals surface area contributed by atoms with Gasteiger partial charge >= 0.3 is 0 Å². The molecule has 1 fully saturated rings. The number of carbonyl (C=O) groups is 1. The highest BCUT2D eigenvalue weighted by atomic mass is 35.5. The van der Waals surface area contributed by atoms with Gasteiger partial charge < -0.3 is 10.2 Å². The van der Waals surface area contributed by atoms with Crippen LogP contribution in [0.4, 0.5) is 5.69 Å². The second-order valence-corrected chi connectivity index (χ2v) is 8.13. The van der Waals surface area contributed by atoms with Gasteiger partial charge in [-0.1, -0.05) is 41.4 Å². The molecule has 1 aliphatic rings. The Morgan fingerprint density at radius 2 is 1.69 bits per heavy atom. The molecule has 1 saturated heterocycles. The Hall–Kier alpha value is -1.36. The van der Waals surface area contributed by atoms with Crippen LogP contribution in [0.2, 0.25) is 10.0 Å². The molecule has 2 aromatic rings. The van der Waals surface area contributed by atoms with Crippen LogP contribution >= 0.6 is 35.0 Å². The van der Waals surface area contributed by atoms with E-state index in [1.807, 2.05) is 18.2 Å². The summed E-state index contributed by atoms with van der Waals surface area (Å²) in [5.74, 6) is 1.02. The molecular weight excluding hydrogens is 387 g/mol. The van der Waals surface area contributed by atoms with E-state index in [2.05, 4.69) is 34.5 Å². The average Bonchev–Trinajstić information content (AvgIpc) is 3.17. The van der Waals surface area contributed by atoms with Gasteiger partial charge in [0.15, 0.2) is 0 Å². The van der Waals surface area contributed by atoms with Crippen LogP contribution in [0, 0.1) is 0 Å². The molecule has 26 heavy (non-hydrogen) atoms. The largest absolute Gasteiger partial charge is 0.372 e. The maximum Gasteiger partial charge on any atom is 0.230 e. The van der Waals surface area contributed by atoms with Crippen LogP contribution in [0.15, 0.2) is 42.5 Å². The van der Waals surface area contributed by atoms with E-state index < -0.39 is 0 Å². The summed E-state index contributed by atoms with van der Waals surface area (Å²) in [6.07, 6.45) is 2.55. The van der Waals surface area contributed by atoms with Crippen LogP contribution in [0.3, 0.4) is 0 Å². The van der Waals surface area contributed by atoms with Gasteiger partial charge in [-0.25, -0.2) is 0 Å². The van der Waals surface area contributed by atoms with Crippen molar-refractivity contribution in [3.63, 3.8) is 0 Å². The van der Waals surface area contributed by atoms with Crippen molar-refractivity contribution in [1.82, 2.24) is 5.32 Å². The highest BCUT2D eigenvalue weighted by molar-refractivity contribution is 7.99. The fourth-order valence-corrected chi connectivity index (χ4v) is 4.56. The Labute approximate surface area is 169 Å². The van der Waals surface area contributed by atoms with Crippen molar-refractivity contribution in [2.75, 3.05) is 23.7 Å². The maximum atomic E-state index is 12.0. The first kappa shape index (κ1) is 19.4. The molecule has 0 radical (unpaired) electrons. The topological polar surface area (TPSA) is 32.3 Å². The van der Waals surface area contributed by atoms with Crippen molar-refractivity contribution in [2.24, 2.45) is 0 Å². The number of hydrogen-bond acceptors (Lipinski definition) is 3. The van der Waals surface area contributed by atoms with Gasteiger partial charge in [0.2, 0.25) is 5.91 Å². The van der Waals surface area contributed by atoms with E-state index in [0.29, 0.717) is 28.1 Å². The molecule has 1 heterocycles. The van der Waals surface area contributed by atoms with E-state index in [1.165, 1.54) is 30.3 Å². The standard InChI is InChI=1S/C20H22Cl2N2OS/c21-18-4-3-5-19(22)17(18)13-26-14-20(25)23-12-15-6-8-16(9-7-15)24-10-1-2-11-24/h3-9H,1-2,10-14H2,(H,23,25). The average molecular weight is 409 g/mol. The number of thioether (sulfide) groups is 1. The molecule has 138 valence electrons. The predicted octanol–water partition coefficient (Wildman–Crippen LogP) is 5.14. The van der Waals surface area contributed by atoms with Gasteiger partial charge in [0.1, 0.15) is 0 Å². The first-order valence-corrected chi connectivity index (χ1v) is 10.7. The molecule has 0 aromatic heterocycles. The smallest absolute Gasteiger partial charge is 0.230 e. The van der Waals surface area contributed by atoms with Crippen molar-refractivity contribution in [3.05, 3.63) is 63.6 Å². The second kappa shape index (κ2) is 9.54. The molecule has 3 rings (SSSR count). The van der Waals surface area contributed by atoms with Crippen LogP contribution in [-0.2, 0) is 17.1 Å². The zero-order valence-corrected chi connectivity index (χ0v) is 16.8. The van der Waals surface area contributed by atoms with Gasteiger partial charge in [-0.05, 0) is 48.2 Å². The van der Waals surface area contributed by atoms with Crippen LogP contribution in [-0.4, -0.2) is 24.7 Å². The van der Waals surface area contributed by atoms with Gasteiger partial charge in [0.05, 0.1) is 5.75 Å². The fraction of sp³-hybridized carbons (Fsp3) is 0.350.